The van der Waals surface area contributed by atoms with E-state index in [0.29, 0.717) is 18.0 Å². The number of benzene rings is 1. The van der Waals surface area contributed by atoms with E-state index in [9.17, 15) is 9.18 Å². The molecular formula is C27H25FN4O2. The number of hydrogen-bond donors (Lipinski definition) is 0. The van der Waals surface area contributed by atoms with Crippen molar-refractivity contribution in [2.45, 2.75) is 19.3 Å². The summed E-state index contributed by atoms with van der Waals surface area (Å²) in [5, 5.41) is 5.39. The van der Waals surface area contributed by atoms with Crippen LogP contribution in [0.25, 0.3) is 22.0 Å². The molecule has 1 atom stereocenters. The number of aryl methyl sites for hydroxylation is 3. The van der Waals surface area contributed by atoms with Gasteiger partial charge in [-0.2, -0.15) is 0 Å². The summed E-state index contributed by atoms with van der Waals surface area (Å²) < 4.78 is 23.0. The van der Waals surface area contributed by atoms with Gasteiger partial charge in [-0.15, -0.1) is 5.10 Å². The highest BCUT2D eigenvalue weighted by atomic mass is 19.1. The van der Waals surface area contributed by atoms with Gasteiger partial charge in [-0.1, -0.05) is 18.2 Å². The van der Waals surface area contributed by atoms with Gasteiger partial charge in [-0.05, 0) is 48.7 Å². The van der Waals surface area contributed by atoms with Crippen LogP contribution in [0.1, 0.15) is 23.6 Å². The molecule has 0 saturated heterocycles. The fourth-order valence-electron chi connectivity index (χ4n) is 4.29. The molecule has 1 unspecified atom stereocenters. The first-order valence-corrected chi connectivity index (χ1v) is 11.1. The monoisotopic (exact) mass is 456 g/mol. The maximum atomic E-state index is 13.7. The van der Waals surface area contributed by atoms with Crippen LogP contribution >= 0.6 is 0 Å². The van der Waals surface area contributed by atoms with Crippen LogP contribution in [0.15, 0.2) is 77.4 Å². The number of ether oxygens (including phenoxy) is 1. The fourth-order valence-corrected chi connectivity index (χ4v) is 4.29. The summed E-state index contributed by atoms with van der Waals surface area (Å²) >= 11 is 0. The molecule has 3 heterocycles. The van der Waals surface area contributed by atoms with Crippen molar-refractivity contribution in [1.82, 2.24) is 19.3 Å². The van der Waals surface area contributed by atoms with Gasteiger partial charge in [-0.25, -0.2) is 4.39 Å². The van der Waals surface area contributed by atoms with Crippen molar-refractivity contribution in [2.24, 2.45) is 14.1 Å². The van der Waals surface area contributed by atoms with E-state index in [2.05, 4.69) is 29.4 Å². The van der Waals surface area contributed by atoms with Crippen molar-refractivity contribution in [3.63, 3.8) is 0 Å². The molecule has 5 rings (SSSR count). The Hall–Kier alpha value is -4.00. The van der Waals surface area contributed by atoms with Crippen LogP contribution in [0.5, 0.6) is 5.88 Å². The first-order valence-electron chi connectivity index (χ1n) is 11.1. The second-order valence-corrected chi connectivity index (χ2v) is 8.69. The van der Waals surface area contributed by atoms with E-state index in [1.807, 2.05) is 20.2 Å². The summed E-state index contributed by atoms with van der Waals surface area (Å²) in [6.07, 6.45) is 10.8. The third kappa shape index (κ3) is 4.29. The molecule has 0 N–H and O–H groups in total. The van der Waals surface area contributed by atoms with E-state index in [1.165, 1.54) is 22.8 Å². The summed E-state index contributed by atoms with van der Waals surface area (Å²) in [6.45, 7) is 2.43. The number of nitrogens with zero attached hydrogens (tertiary/aromatic N) is 4. The summed E-state index contributed by atoms with van der Waals surface area (Å²) in [5.41, 5.74) is 5.42. The molecule has 0 spiro atoms. The first-order chi connectivity index (χ1) is 16.4. The molecule has 0 amide bonds. The quantitative estimate of drug-likeness (QED) is 0.432. The zero-order chi connectivity index (χ0) is 23.8. The van der Waals surface area contributed by atoms with Crippen LogP contribution in [0.4, 0.5) is 4.39 Å². The van der Waals surface area contributed by atoms with Gasteiger partial charge in [0.25, 0.3) is 0 Å². The highest BCUT2D eigenvalue weighted by molar-refractivity contribution is 5.79. The number of allylic oxidation sites excluding steroid dienone is 2. The molecule has 1 aliphatic carbocycles. The van der Waals surface area contributed by atoms with Crippen LogP contribution in [0.3, 0.4) is 0 Å². The molecule has 7 heteroatoms. The van der Waals surface area contributed by atoms with Gasteiger partial charge in [-0.3, -0.25) is 14.5 Å². The van der Waals surface area contributed by atoms with E-state index >= 15 is 0 Å². The lowest BCUT2D eigenvalue weighted by atomic mass is 9.91. The summed E-state index contributed by atoms with van der Waals surface area (Å²) in [6, 6.07) is 10.1. The Balaban J connectivity index is 1.31. The smallest absolute Gasteiger partial charge is 0.250 e. The number of fused-ring (bicyclic) bond motifs is 1. The van der Waals surface area contributed by atoms with Crippen molar-refractivity contribution in [2.75, 3.05) is 6.61 Å². The van der Waals surface area contributed by atoms with Crippen LogP contribution in [0.2, 0.25) is 0 Å². The molecule has 0 bridgehead atoms. The Bertz CT molecular complexity index is 1510. The first kappa shape index (κ1) is 21.8. The third-order valence-corrected chi connectivity index (χ3v) is 6.10. The number of halogens is 1. The topological polar surface area (TPSA) is 61.9 Å². The van der Waals surface area contributed by atoms with Gasteiger partial charge in [0.05, 0.1) is 16.8 Å². The van der Waals surface area contributed by atoms with Gasteiger partial charge >= 0.3 is 0 Å². The molecule has 3 aromatic heterocycles. The number of aromatic nitrogens is 4. The minimum Gasteiger partial charge on any atom is -0.471 e. The third-order valence-electron chi connectivity index (χ3n) is 6.10. The Morgan fingerprint density at radius 3 is 2.76 bits per heavy atom. The molecule has 0 radical (unpaired) electrons. The maximum Gasteiger partial charge on any atom is 0.250 e. The Kier molecular flexibility index (Phi) is 5.61. The average Bonchev–Trinajstić information content (AvgIpc) is 3.20. The number of rotatable bonds is 5. The van der Waals surface area contributed by atoms with Crippen LogP contribution < -0.4 is 10.3 Å². The van der Waals surface area contributed by atoms with Crippen molar-refractivity contribution < 1.29 is 9.13 Å². The Morgan fingerprint density at radius 1 is 1.15 bits per heavy atom. The van der Waals surface area contributed by atoms with E-state index in [4.69, 9.17) is 9.72 Å². The lowest BCUT2D eigenvalue weighted by Crippen LogP contribution is -2.14. The van der Waals surface area contributed by atoms with Gasteiger partial charge in [0.15, 0.2) is 0 Å². The summed E-state index contributed by atoms with van der Waals surface area (Å²) in [7, 11) is 3.56. The molecule has 172 valence electrons. The highest BCUT2D eigenvalue weighted by Crippen LogP contribution is 2.31. The summed E-state index contributed by atoms with van der Waals surface area (Å²) in [5.74, 6) is 0.374. The molecule has 34 heavy (non-hydrogen) atoms. The minimum absolute atomic E-state index is 0.0663. The largest absolute Gasteiger partial charge is 0.471 e. The van der Waals surface area contributed by atoms with Crippen LogP contribution in [-0.2, 0) is 14.1 Å². The maximum absolute atomic E-state index is 13.7. The predicted octanol–water partition coefficient (Wildman–Crippen LogP) is 4.83. The average molecular weight is 457 g/mol. The molecule has 1 aromatic carbocycles. The van der Waals surface area contributed by atoms with E-state index in [-0.39, 0.29) is 17.3 Å². The number of hydrogen-bond acceptors (Lipinski definition) is 4. The Morgan fingerprint density at radius 2 is 2.00 bits per heavy atom. The van der Waals surface area contributed by atoms with Crippen molar-refractivity contribution in [1.29, 1.82) is 0 Å². The van der Waals surface area contributed by atoms with E-state index in [0.717, 1.165) is 39.8 Å². The van der Waals surface area contributed by atoms with Gasteiger partial charge in [0.2, 0.25) is 11.4 Å². The molecule has 0 aliphatic heterocycles. The molecule has 6 nitrogen and oxygen atoms in total. The lowest BCUT2D eigenvalue weighted by Gasteiger charge is -2.18. The number of pyridine rings is 2. The zero-order valence-electron chi connectivity index (χ0n) is 19.3. The van der Waals surface area contributed by atoms with Crippen molar-refractivity contribution >= 4 is 10.9 Å². The highest BCUT2D eigenvalue weighted by Gasteiger charge is 2.18. The molecule has 4 aromatic rings. The Labute approximate surface area is 196 Å². The van der Waals surface area contributed by atoms with E-state index in [1.54, 1.807) is 30.1 Å². The second-order valence-electron chi connectivity index (χ2n) is 8.69. The standard InChI is InChI=1S/C27H25FN4O2/c1-17-12-20-8-10-22(28)13-24(20)29-26(17)19-6-4-18(5-7-19)16-34-27-23(15-32(3)30-27)21-9-11-25(33)31(2)14-21/h4-6,8-15,19H,7,16H2,1-3H3. The van der Waals surface area contributed by atoms with Gasteiger partial charge in [0, 0.05) is 55.5 Å². The molecule has 1 aliphatic rings. The van der Waals surface area contributed by atoms with Gasteiger partial charge < -0.3 is 9.30 Å². The lowest BCUT2D eigenvalue weighted by molar-refractivity contribution is 0.337. The van der Waals surface area contributed by atoms with Crippen LogP contribution in [-0.4, -0.2) is 25.9 Å². The van der Waals surface area contributed by atoms with Gasteiger partial charge in [0.1, 0.15) is 12.4 Å². The molecule has 0 fully saturated rings. The SMILES string of the molecule is Cc1cc2ccc(F)cc2nc1C1C=CC(COc2nn(C)cc2-c2ccc(=O)n(C)c2)=CC1. The summed E-state index contributed by atoms with van der Waals surface area (Å²) in [4.78, 5) is 16.5. The predicted molar refractivity (Wildman–Crippen MR) is 130 cm³/mol. The molecular weight excluding hydrogens is 431 g/mol. The normalized spacial score (nSPS) is 15.5. The van der Waals surface area contributed by atoms with Crippen LogP contribution in [0, 0.1) is 12.7 Å². The van der Waals surface area contributed by atoms with Crippen molar-refractivity contribution in [3.8, 4) is 17.0 Å². The minimum atomic E-state index is -0.278. The zero-order valence-corrected chi connectivity index (χ0v) is 19.3. The fraction of sp³-hybridized carbons (Fsp3) is 0.222. The van der Waals surface area contributed by atoms with Crippen molar-refractivity contribution in [3.05, 3.63) is 100 Å². The molecule has 0 saturated carbocycles. The second kappa shape index (κ2) is 8.74. The van der Waals surface area contributed by atoms with E-state index < -0.39 is 0 Å².